The van der Waals surface area contributed by atoms with Gasteiger partial charge < -0.3 is 21.3 Å². The molecule has 0 saturated heterocycles. The smallest absolute Gasteiger partial charge is 0.857 e. The van der Waals surface area contributed by atoms with Crippen molar-refractivity contribution in [3.63, 3.8) is 0 Å². The maximum atomic E-state index is 8.25. The second-order valence-electron chi connectivity index (χ2n) is 5.72. The van der Waals surface area contributed by atoms with E-state index in [1.165, 1.54) is 25.7 Å². The number of methoxy groups -OCH3 is 1. The first kappa shape index (κ1) is 29.0. The molecule has 2 heterocycles. The number of hydrogen-bond donors (Lipinski definition) is 2. The molecule has 2 aliphatic carbocycles. The van der Waals surface area contributed by atoms with Gasteiger partial charge >= 0.3 is 29.6 Å². The molecule has 0 spiro atoms. The summed E-state index contributed by atoms with van der Waals surface area (Å²) in [6, 6.07) is 3.64. The zero-order valence-corrected chi connectivity index (χ0v) is 18.0. The summed E-state index contributed by atoms with van der Waals surface area (Å²) < 4.78 is 4.98. The van der Waals surface area contributed by atoms with Crippen molar-refractivity contribution in [2.24, 2.45) is 0 Å². The number of aromatic nitrogens is 4. The normalized spacial score (nSPS) is 13.7. The van der Waals surface area contributed by atoms with Gasteiger partial charge in [0.1, 0.15) is 5.15 Å². The van der Waals surface area contributed by atoms with Crippen molar-refractivity contribution in [3.05, 3.63) is 28.7 Å². The summed E-state index contributed by atoms with van der Waals surface area (Å²) in [4.78, 5) is 15.9. The predicted molar refractivity (Wildman–Crippen MR) is 108 cm³/mol. The van der Waals surface area contributed by atoms with Crippen LogP contribution in [0, 0.1) is 0 Å². The minimum Gasteiger partial charge on any atom is -0.857 e. The molecule has 0 unspecified atom stereocenters. The standard InChI is InChI=1S/C8H11N3O.C7H8ClN3.CH3O.2CH4.Na/c1-12-7-4-6(5-2-3-5)10-8(9)11-7;8-6-3-5(4-1-2-4)10-7(9)11-6;1-2;;;/h4-5H,2-3H2,1H3,(H2,9,10,11);3-4H,1-2H2,(H2,9,10,11);1H3;2*1H4;/q;;-1;;;+1. The van der Waals surface area contributed by atoms with Crippen LogP contribution in [-0.2, 0) is 0 Å². The molecule has 10 heteroatoms. The third-order valence-corrected chi connectivity index (χ3v) is 3.87. The number of anilines is 2. The van der Waals surface area contributed by atoms with Crippen LogP contribution in [0.25, 0.3) is 0 Å². The SMILES string of the molecule is C.C.COc1cc(C2CC2)nc(N)n1.C[O-].Nc1nc(Cl)cc(C2CC2)n1.[Na+]. The fourth-order valence-corrected chi connectivity index (χ4v) is 2.39. The van der Waals surface area contributed by atoms with Crippen LogP contribution in [0.4, 0.5) is 11.9 Å². The van der Waals surface area contributed by atoms with Gasteiger partial charge in [-0.1, -0.05) is 26.5 Å². The molecule has 0 radical (unpaired) electrons. The van der Waals surface area contributed by atoms with E-state index >= 15 is 0 Å². The topological polar surface area (TPSA) is 136 Å². The van der Waals surface area contributed by atoms with Gasteiger partial charge in [0.05, 0.1) is 18.5 Å². The number of nitrogens with zero attached hydrogens (tertiary/aromatic N) is 4. The van der Waals surface area contributed by atoms with Gasteiger partial charge in [-0.15, -0.1) is 0 Å². The number of rotatable bonds is 3. The van der Waals surface area contributed by atoms with Crippen LogP contribution in [0.5, 0.6) is 5.88 Å². The minimum atomic E-state index is 0. The van der Waals surface area contributed by atoms with Crippen LogP contribution in [0.2, 0.25) is 5.15 Å². The first-order valence-corrected chi connectivity index (χ1v) is 8.32. The Morgan fingerprint density at radius 1 is 0.893 bits per heavy atom. The van der Waals surface area contributed by atoms with Crippen LogP contribution < -0.4 is 50.9 Å². The van der Waals surface area contributed by atoms with Gasteiger partial charge in [0.15, 0.2) is 0 Å². The molecule has 2 fully saturated rings. The third kappa shape index (κ3) is 9.34. The number of hydrogen-bond acceptors (Lipinski definition) is 8. The van der Waals surface area contributed by atoms with E-state index in [0.29, 0.717) is 28.8 Å². The first-order valence-electron chi connectivity index (χ1n) is 7.94. The first-order chi connectivity index (χ1) is 12.0. The molecule has 2 aromatic rings. The number of nitrogens with two attached hydrogens (primary N) is 2. The molecule has 0 aliphatic heterocycles. The second-order valence-corrected chi connectivity index (χ2v) is 6.10. The molecule has 8 nitrogen and oxygen atoms in total. The largest absolute Gasteiger partial charge is 1.00 e. The van der Waals surface area contributed by atoms with Crippen molar-refractivity contribution in [2.75, 3.05) is 25.7 Å². The Labute approximate surface area is 194 Å². The van der Waals surface area contributed by atoms with Crippen LogP contribution in [0.3, 0.4) is 0 Å². The zero-order chi connectivity index (χ0) is 18.4. The molecule has 0 amide bonds. The molecule has 2 aromatic heterocycles. The summed E-state index contributed by atoms with van der Waals surface area (Å²) in [6.45, 7) is 0. The van der Waals surface area contributed by atoms with E-state index in [1.807, 2.05) is 6.07 Å². The molecule has 4 rings (SSSR count). The van der Waals surface area contributed by atoms with Crippen molar-refractivity contribution in [3.8, 4) is 5.88 Å². The molecule has 0 aromatic carbocycles. The van der Waals surface area contributed by atoms with Gasteiger partial charge in [0, 0.05) is 17.9 Å². The number of ether oxygens (including phenoxy) is 1. The Morgan fingerprint density at radius 2 is 1.32 bits per heavy atom. The van der Waals surface area contributed by atoms with Crippen molar-refractivity contribution in [1.82, 2.24) is 19.9 Å². The van der Waals surface area contributed by atoms with Crippen molar-refractivity contribution in [2.45, 2.75) is 52.4 Å². The van der Waals surface area contributed by atoms with Crippen LogP contribution in [0.15, 0.2) is 12.1 Å². The maximum Gasteiger partial charge on any atom is 1.00 e. The van der Waals surface area contributed by atoms with E-state index in [9.17, 15) is 0 Å². The Balaban J connectivity index is 0. The van der Waals surface area contributed by atoms with Gasteiger partial charge in [-0.25, -0.2) is 15.0 Å². The molecule has 0 atom stereocenters. The molecule has 2 aliphatic rings. The van der Waals surface area contributed by atoms with Crippen molar-refractivity contribution >= 4 is 23.5 Å². The maximum absolute atomic E-state index is 8.25. The Morgan fingerprint density at radius 3 is 1.71 bits per heavy atom. The fourth-order valence-electron chi connectivity index (χ4n) is 2.20. The van der Waals surface area contributed by atoms with Gasteiger partial charge in [-0.05, 0) is 31.7 Å². The Hall–Kier alpha value is -1.19. The summed E-state index contributed by atoms with van der Waals surface area (Å²) >= 11 is 5.69. The van der Waals surface area contributed by atoms with Gasteiger partial charge in [0.25, 0.3) is 0 Å². The van der Waals surface area contributed by atoms with Crippen molar-refractivity contribution in [1.29, 1.82) is 0 Å². The predicted octanol–water partition coefficient (Wildman–Crippen LogP) is -0.213. The molecule has 2 saturated carbocycles. The number of nitrogen functional groups attached to an aromatic ring is 2. The summed E-state index contributed by atoms with van der Waals surface area (Å²) in [5.41, 5.74) is 12.9. The molecular formula is C18H30ClN6NaO2. The molecular weight excluding hydrogens is 391 g/mol. The summed E-state index contributed by atoms with van der Waals surface area (Å²) in [7, 11) is 2.33. The summed E-state index contributed by atoms with van der Waals surface area (Å²) in [5.74, 6) is 2.31. The van der Waals surface area contributed by atoms with E-state index in [2.05, 4.69) is 19.9 Å². The van der Waals surface area contributed by atoms with Crippen LogP contribution >= 0.6 is 11.6 Å². The van der Waals surface area contributed by atoms with Gasteiger partial charge in [-0.2, -0.15) is 12.1 Å². The quantitative estimate of drug-likeness (QED) is 0.514. The Bertz CT molecular complexity index is 694. The van der Waals surface area contributed by atoms with Crippen LogP contribution in [0.1, 0.15) is 63.8 Å². The minimum absolute atomic E-state index is 0. The molecule has 4 N–H and O–H groups in total. The fraction of sp³-hybridized carbons (Fsp3) is 0.556. The molecule has 28 heavy (non-hydrogen) atoms. The molecule has 152 valence electrons. The van der Waals surface area contributed by atoms with Crippen molar-refractivity contribution < 1.29 is 39.4 Å². The summed E-state index contributed by atoms with van der Waals surface area (Å²) in [6.07, 6.45) is 4.82. The average molecular weight is 421 g/mol. The Kier molecular flexibility index (Phi) is 14.4. The second kappa shape index (κ2) is 13.9. The molecule has 0 bridgehead atoms. The average Bonchev–Trinajstić information content (AvgIpc) is 3.49. The van der Waals surface area contributed by atoms with E-state index in [1.54, 1.807) is 13.2 Å². The van der Waals surface area contributed by atoms with Gasteiger partial charge in [0.2, 0.25) is 17.8 Å². The van der Waals surface area contributed by atoms with Gasteiger partial charge in [-0.3, -0.25) is 0 Å². The van der Waals surface area contributed by atoms with E-state index < -0.39 is 0 Å². The monoisotopic (exact) mass is 420 g/mol. The number of halogens is 1. The van der Waals surface area contributed by atoms with Crippen LogP contribution in [-0.4, -0.2) is 34.2 Å². The van der Waals surface area contributed by atoms with E-state index in [0.717, 1.165) is 18.5 Å². The third-order valence-electron chi connectivity index (χ3n) is 3.67. The van der Waals surface area contributed by atoms with E-state index in [4.69, 9.17) is 32.9 Å². The zero-order valence-electron chi connectivity index (χ0n) is 15.3. The van der Waals surface area contributed by atoms with E-state index in [-0.39, 0.29) is 50.4 Å². The summed E-state index contributed by atoms with van der Waals surface area (Å²) in [5, 5.41) is 8.69.